The van der Waals surface area contributed by atoms with Crippen LogP contribution < -0.4 is 11.1 Å². The van der Waals surface area contributed by atoms with Crippen LogP contribution in [0.4, 0.5) is 4.39 Å². The Morgan fingerprint density at radius 3 is 2.43 bits per heavy atom. The van der Waals surface area contributed by atoms with Crippen LogP contribution in [0.2, 0.25) is 0 Å². The number of benzene rings is 2. The highest BCUT2D eigenvalue weighted by atomic mass is 19.1. The number of carbonyl (C=O) groups excluding carboxylic acids is 1. The number of hydrogen-bond acceptors (Lipinski definition) is 3. The fourth-order valence-electron chi connectivity index (χ4n) is 2.46. The molecule has 4 nitrogen and oxygen atoms in total. The number of rotatable bonds is 6. The number of amides is 1. The van der Waals surface area contributed by atoms with E-state index in [0.717, 1.165) is 5.56 Å². The number of methoxy groups -OCH3 is 1. The van der Waals surface area contributed by atoms with Crippen LogP contribution in [0.5, 0.6) is 0 Å². The van der Waals surface area contributed by atoms with Crippen LogP contribution in [0.25, 0.3) is 0 Å². The quantitative estimate of drug-likeness (QED) is 0.861. The molecule has 3 N–H and O–H groups in total. The minimum atomic E-state index is -0.566. The molecule has 122 valence electrons. The van der Waals surface area contributed by atoms with E-state index in [-0.39, 0.29) is 11.7 Å². The summed E-state index contributed by atoms with van der Waals surface area (Å²) in [7, 11) is 1.50. The number of halogens is 1. The van der Waals surface area contributed by atoms with E-state index in [1.807, 2.05) is 12.1 Å². The molecule has 2 aromatic carbocycles. The molecule has 5 heteroatoms. The zero-order valence-corrected chi connectivity index (χ0v) is 13.3. The third-order valence-corrected chi connectivity index (χ3v) is 3.73. The Morgan fingerprint density at radius 1 is 1.22 bits per heavy atom. The van der Waals surface area contributed by atoms with Crippen LogP contribution in [-0.2, 0) is 11.3 Å². The predicted molar refractivity (Wildman–Crippen MR) is 87.4 cm³/mol. The molecule has 0 saturated carbocycles. The van der Waals surface area contributed by atoms with Crippen molar-refractivity contribution in [2.24, 2.45) is 5.73 Å². The van der Waals surface area contributed by atoms with Gasteiger partial charge < -0.3 is 15.8 Å². The van der Waals surface area contributed by atoms with Gasteiger partial charge in [-0.3, -0.25) is 4.79 Å². The summed E-state index contributed by atoms with van der Waals surface area (Å²) in [5.74, 6) is -0.591. The first-order valence-electron chi connectivity index (χ1n) is 7.44. The molecule has 2 atom stereocenters. The van der Waals surface area contributed by atoms with Crippen LogP contribution in [0.3, 0.4) is 0 Å². The van der Waals surface area contributed by atoms with Gasteiger partial charge in [0.05, 0.1) is 6.04 Å². The lowest BCUT2D eigenvalue weighted by atomic mass is 10.0. The number of hydrogen-bond donors (Lipinski definition) is 2. The molecule has 0 heterocycles. The summed E-state index contributed by atoms with van der Waals surface area (Å²) >= 11 is 0. The van der Waals surface area contributed by atoms with Crippen molar-refractivity contribution < 1.29 is 13.9 Å². The standard InChI is InChI=1S/C18H21FN2O2/c1-12(17(23-2)15-5-3-4-6-16(15)19)21-18(22)14-9-7-13(11-20)8-10-14/h3-10,12,17H,11,20H2,1-2H3,(H,21,22). The van der Waals surface area contributed by atoms with Crippen LogP contribution in [-0.4, -0.2) is 19.1 Å². The average molecular weight is 316 g/mol. The van der Waals surface area contributed by atoms with Crippen molar-refractivity contribution in [3.63, 3.8) is 0 Å². The summed E-state index contributed by atoms with van der Waals surface area (Å²) in [5.41, 5.74) is 7.44. The molecule has 23 heavy (non-hydrogen) atoms. The van der Waals surface area contributed by atoms with Gasteiger partial charge in [0.2, 0.25) is 0 Å². The van der Waals surface area contributed by atoms with Crippen molar-refractivity contribution in [3.8, 4) is 0 Å². The lowest BCUT2D eigenvalue weighted by molar-refractivity contribution is 0.0625. The highest BCUT2D eigenvalue weighted by Crippen LogP contribution is 2.23. The van der Waals surface area contributed by atoms with Crippen molar-refractivity contribution in [2.75, 3.05) is 7.11 Å². The summed E-state index contributed by atoms with van der Waals surface area (Å²) in [6.07, 6.45) is -0.566. The molecule has 0 aromatic heterocycles. The maximum atomic E-state index is 13.9. The molecule has 2 aromatic rings. The van der Waals surface area contributed by atoms with Gasteiger partial charge in [-0.2, -0.15) is 0 Å². The molecule has 0 saturated heterocycles. The molecule has 0 aliphatic heterocycles. The predicted octanol–water partition coefficient (Wildman–Crippen LogP) is 2.79. The summed E-state index contributed by atoms with van der Waals surface area (Å²) in [6.45, 7) is 2.21. The second-order valence-electron chi connectivity index (χ2n) is 5.34. The normalized spacial score (nSPS) is 13.4. The summed E-state index contributed by atoms with van der Waals surface area (Å²) in [5, 5.41) is 2.85. The Bertz CT molecular complexity index is 658. The Hall–Kier alpha value is -2.24. The van der Waals surface area contributed by atoms with Gasteiger partial charge in [0.1, 0.15) is 11.9 Å². The number of ether oxygens (including phenoxy) is 1. The zero-order chi connectivity index (χ0) is 16.8. The molecule has 2 unspecified atom stereocenters. The van der Waals surface area contributed by atoms with Crippen molar-refractivity contribution in [3.05, 3.63) is 71.0 Å². The van der Waals surface area contributed by atoms with Crippen molar-refractivity contribution in [2.45, 2.75) is 25.6 Å². The Morgan fingerprint density at radius 2 is 1.87 bits per heavy atom. The van der Waals surface area contributed by atoms with Gasteiger partial charge in [-0.25, -0.2) is 4.39 Å². The van der Waals surface area contributed by atoms with Gasteiger partial charge in [-0.05, 0) is 30.7 Å². The monoisotopic (exact) mass is 316 g/mol. The van der Waals surface area contributed by atoms with Gasteiger partial charge in [-0.1, -0.05) is 30.3 Å². The summed E-state index contributed by atoms with van der Waals surface area (Å²) < 4.78 is 19.3. The van der Waals surface area contributed by atoms with Gasteiger partial charge in [-0.15, -0.1) is 0 Å². The SMILES string of the molecule is COC(c1ccccc1F)C(C)NC(=O)c1ccc(CN)cc1. The molecule has 0 spiro atoms. The topological polar surface area (TPSA) is 64.3 Å². The largest absolute Gasteiger partial charge is 0.375 e. The molecule has 0 aliphatic carbocycles. The molecular formula is C18H21FN2O2. The second kappa shape index (κ2) is 7.85. The average Bonchev–Trinajstić information content (AvgIpc) is 2.57. The van der Waals surface area contributed by atoms with E-state index in [4.69, 9.17) is 10.5 Å². The highest BCUT2D eigenvalue weighted by molar-refractivity contribution is 5.94. The molecule has 0 fully saturated rings. The molecule has 0 aliphatic rings. The minimum Gasteiger partial charge on any atom is -0.375 e. The van der Waals surface area contributed by atoms with Crippen LogP contribution in [0.1, 0.15) is 34.5 Å². The van der Waals surface area contributed by atoms with E-state index in [1.54, 1.807) is 37.3 Å². The van der Waals surface area contributed by atoms with Gasteiger partial charge in [0.15, 0.2) is 0 Å². The molecule has 0 radical (unpaired) electrons. The second-order valence-corrected chi connectivity index (χ2v) is 5.34. The first-order valence-corrected chi connectivity index (χ1v) is 7.44. The van der Waals surface area contributed by atoms with Crippen molar-refractivity contribution in [1.29, 1.82) is 0 Å². The van der Waals surface area contributed by atoms with E-state index < -0.39 is 12.1 Å². The smallest absolute Gasteiger partial charge is 0.251 e. The first-order chi connectivity index (χ1) is 11.1. The maximum Gasteiger partial charge on any atom is 0.251 e. The van der Waals surface area contributed by atoms with Crippen LogP contribution in [0.15, 0.2) is 48.5 Å². The number of nitrogens with one attached hydrogen (secondary N) is 1. The van der Waals surface area contributed by atoms with Gasteiger partial charge >= 0.3 is 0 Å². The van der Waals surface area contributed by atoms with E-state index in [1.165, 1.54) is 13.2 Å². The molecule has 1 amide bonds. The highest BCUT2D eigenvalue weighted by Gasteiger charge is 2.23. The molecule has 2 rings (SSSR count). The van der Waals surface area contributed by atoms with Gasteiger partial charge in [0.25, 0.3) is 5.91 Å². The van der Waals surface area contributed by atoms with E-state index in [9.17, 15) is 9.18 Å². The fourth-order valence-corrected chi connectivity index (χ4v) is 2.46. The zero-order valence-electron chi connectivity index (χ0n) is 13.3. The lowest BCUT2D eigenvalue weighted by Gasteiger charge is -2.24. The Kier molecular flexibility index (Phi) is 5.84. The number of carbonyl (C=O) groups is 1. The van der Waals surface area contributed by atoms with Crippen LogP contribution >= 0.6 is 0 Å². The fraction of sp³-hybridized carbons (Fsp3) is 0.278. The van der Waals surface area contributed by atoms with E-state index in [2.05, 4.69) is 5.32 Å². The first kappa shape index (κ1) is 17.1. The maximum absolute atomic E-state index is 13.9. The van der Waals surface area contributed by atoms with E-state index in [0.29, 0.717) is 17.7 Å². The van der Waals surface area contributed by atoms with Crippen molar-refractivity contribution >= 4 is 5.91 Å². The van der Waals surface area contributed by atoms with E-state index >= 15 is 0 Å². The Balaban J connectivity index is 2.11. The van der Waals surface area contributed by atoms with Crippen molar-refractivity contribution in [1.82, 2.24) is 5.32 Å². The number of nitrogens with two attached hydrogens (primary N) is 1. The Labute approximate surface area is 135 Å². The summed E-state index contributed by atoms with van der Waals surface area (Å²) in [4.78, 5) is 12.3. The molecular weight excluding hydrogens is 295 g/mol. The third kappa shape index (κ3) is 4.15. The van der Waals surface area contributed by atoms with Crippen LogP contribution in [0, 0.1) is 5.82 Å². The minimum absolute atomic E-state index is 0.237. The van der Waals surface area contributed by atoms with Gasteiger partial charge in [0, 0.05) is 24.8 Å². The summed E-state index contributed by atoms with van der Waals surface area (Å²) in [6, 6.07) is 13.1. The lowest BCUT2D eigenvalue weighted by Crippen LogP contribution is -2.38. The molecule has 0 bridgehead atoms. The third-order valence-electron chi connectivity index (χ3n) is 3.73.